The van der Waals surface area contributed by atoms with Crippen LogP contribution in [0.4, 0.5) is 0 Å². The minimum absolute atomic E-state index is 0.263. The monoisotopic (exact) mass is 514 g/mol. The molecule has 0 amide bonds. The van der Waals surface area contributed by atoms with Gasteiger partial charge in [-0.25, -0.2) is 8.42 Å². The summed E-state index contributed by atoms with van der Waals surface area (Å²) in [4.78, 5) is 37.5. The van der Waals surface area contributed by atoms with E-state index < -0.39 is 49.7 Å². The molecule has 2 aliphatic carbocycles. The molecular formula is C27H46O7S. The van der Waals surface area contributed by atoms with Gasteiger partial charge in [0.1, 0.15) is 18.0 Å². The fourth-order valence-electron chi connectivity index (χ4n) is 5.25. The van der Waals surface area contributed by atoms with Crippen LogP contribution in [0, 0.1) is 23.2 Å². The zero-order chi connectivity index (χ0) is 26.6. The summed E-state index contributed by atoms with van der Waals surface area (Å²) in [7, 11) is -3.22. The molecule has 0 aliphatic heterocycles. The smallest absolute Gasteiger partial charge is 0.323 e. The van der Waals surface area contributed by atoms with Gasteiger partial charge < -0.3 is 9.47 Å². The van der Waals surface area contributed by atoms with Gasteiger partial charge in [0.25, 0.3) is 0 Å². The van der Waals surface area contributed by atoms with Crippen molar-refractivity contribution in [1.82, 2.24) is 0 Å². The second kappa shape index (κ2) is 11.7. The highest BCUT2D eigenvalue weighted by Crippen LogP contribution is 2.39. The highest BCUT2D eigenvalue weighted by atomic mass is 32.2. The number of rotatable bonds is 9. The molecule has 35 heavy (non-hydrogen) atoms. The van der Waals surface area contributed by atoms with Gasteiger partial charge >= 0.3 is 11.9 Å². The van der Waals surface area contributed by atoms with Crippen molar-refractivity contribution in [3.05, 3.63) is 0 Å². The number of hydrogen-bond donors (Lipinski definition) is 0. The van der Waals surface area contributed by atoms with Crippen molar-refractivity contribution in [2.24, 2.45) is 23.2 Å². The molecule has 0 heterocycles. The van der Waals surface area contributed by atoms with Crippen LogP contribution in [0.3, 0.4) is 0 Å². The maximum atomic E-state index is 13.3. The van der Waals surface area contributed by atoms with Gasteiger partial charge in [0, 0.05) is 0 Å². The third-order valence-corrected chi connectivity index (χ3v) is 11.0. The standard InChI is InChI=1S/C27H46O7S/c1-8-18(2)20-9-13-22(14-10-20)35(31,32)23-15-11-21(12-16-23)24(29)33-17-27(7,19(3)28)25(30)34-26(4,5)6/h18,20-23H,8-17H2,1-7H3. The highest BCUT2D eigenvalue weighted by molar-refractivity contribution is 7.92. The van der Waals surface area contributed by atoms with Crippen LogP contribution in [0.25, 0.3) is 0 Å². The van der Waals surface area contributed by atoms with Crippen LogP contribution in [0.15, 0.2) is 0 Å². The van der Waals surface area contributed by atoms with E-state index in [0.29, 0.717) is 37.5 Å². The van der Waals surface area contributed by atoms with Crippen LogP contribution in [-0.2, 0) is 33.7 Å². The molecule has 2 atom stereocenters. The molecule has 0 spiro atoms. The molecule has 2 fully saturated rings. The highest BCUT2D eigenvalue weighted by Gasteiger charge is 2.44. The number of hydrogen-bond acceptors (Lipinski definition) is 7. The Morgan fingerprint density at radius 1 is 0.886 bits per heavy atom. The quantitative estimate of drug-likeness (QED) is 0.313. The third kappa shape index (κ3) is 7.53. The molecule has 0 aromatic carbocycles. The third-order valence-electron chi connectivity index (χ3n) is 8.23. The van der Waals surface area contributed by atoms with Gasteiger partial charge in [0.05, 0.1) is 16.4 Å². The molecule has 0 aromatic rings. The van der Waals surface area contributed by atoms with E-state index in [0.717, 1.165) is 32.1 Å². The van der Waals surface area contributed by atoms with Gasteiger partial charge in [-0.3, -0.25) is 14.4 Å². The zero-order valence-electron chi connectivity index (χ0n) is 22.7. The Morgan fingerprint density at radius 2 is 1.37 bits per heavy atom. The predicted molar refractivity (Wildman–Crippen MR) is 135 cm³/mol. The summed E-state index contributed by atoms with van der Waals surface area (Å²) >= 11 is 0. The molecule has 2 unspecified atom stereocenters. The normalized spacial score (nSPS) is 28.4. The SMILES string of the molecule is CCC(C)C1CCC(S(=O)(=O)C2CCC(C(=O)OCC(C)(C(C)=O)C(=O)OC(C)(C)C)CC2)CC1. The second-order valence-electron chi connectivity index (χ2n) is 12.0. The van der Waals surface area contributed by atoms with E-state index >= 15 is 0 Å². The molecule has 2 rings (SSSR count). The van der Waals surface area contributed by atoms with E-state index in [-0.39, 0.29) is 11.9 Å². The molecule has 0 saturated heterocycles. The lowest BCUT2D eigenvalue weighted by atomic mass is 9.79. The van der Waals surface area contributed by atoms with Gasteiger partial charge in [-0.05, 0) is 97.8 Å². The van der Waals surface area contributed by atoms with Crippen LogP contribution < -0.4 is 0 Å². The summed E-state index contributed by atoms with van der Waals surface area (Å²) in [5.74, 6) is -0.789. The summed E-state index contributed by atoms with van der Waals surface area (Å²) in [6.45, 7) is 11.9. The summed E-state index contributed by atoms with van der Waals surface area (Å²) < 4.78 is 37.3. The summed E-state index contributed by atoms with van der Waals surface area (Å²) in [5.41, 5.74) is -2.34. The van der Waals surface area contributed by atoms with Crippen LogP contribution in [0.1, 0.15) is 106 Å². The fourth-order valence-corrected chi connectivity index (χ4v) is 7.65. The second-order valence-corrected chi connectivity index (χ2v) is 14.5. The van der Waals surface area contributed by atoms with Crippen molar-refractivity contribution in [3.8, 4) is 0 Å². The van der Waals surface area contributed by atoms with Gasteiger partial charge in [-0.15, -0.1) is 0 Å². The molecule has 0 bridgehead atoms. The Morgan fingerprint density at radius 3 is 1.80 bits per heavy atom. The first-order chi connectivity index (χ1) is 16.1. The average molecular weight is 515 g/mol. The van der Waals surface area contributed by atoms with Crippen molar-refractivity contribution in [2.75, 3.05) is 6.61 Å². The number of esters is 2. The Kier molecular flexibility index (Phi) is 9.99. The number of ketones is 1. The predicted octanol–water partition coefficient (Wildman–Crippen LogP) is 5.05. The van der Waals surface area contributed by atoms with E-state index in [1.807, 2.05) is 0 Å². The first-order valence-electron chi connectivity index (χ1n) is 13.3. The maximum Gasteiger partial charge on any atom is 0.323 e. The number of Topliss-reactive ketones (excluding diaryl/α,β-unsaturated/α-hetero) is 1. The first kappa shape index (κ1) is 29.8. The molecule has 7 nitrogen and oxygen atoms in total. The maximum absolute atomic E-state index is 13.3. The van der Waals surface area contributed by atoms with Crippen molar-refractivity contribution < 1.29 is 32.3 Å². The van der Waals surface area contributed by atoms with Crippen LogP contribution in [-0.4, -0.2) is 48.8 Å². The Balaban J connectivity index is 1.90. The van der Waals surface area contributed by atoms with E-state index in [1.165, 1.54) is 13.8 Å². The average Bonchev–Trinajstić information content (AvgIpc) is 2.80. The number of carbonyl (C=O) groups is 3. The number of ether oxygens (including phenoxy) is 2. The molecule has 202 valence electrons. The number of carbonyl (C=O) groups excluding carboxylic acids is 3. The Bertz CT molecular complexity index is 856. The molecule has 2 saturated carbocycles. The number of sulfone groups is 1. The van der Waals surface area contributed by atoms with Gasteiger partial charge in [0.2, 0.25) is 0 Å². The van der Waals surface area contributed by atoms with E-state index in [4.69, 9.17) is 9.47 Å². The largest absolute Gasteiger partial charge is 0.464 e. The molecule has 0 N–H and O–H groups in total. The van der Waals surface area contributed by atoms with Crippen molar-refractivity contribution >= 4 is 27.6 Å². The molecule has 0 aromatic heterocycles. The van der Waals surface area contributed by atoms with Crippen LogP contribution in [0.2, 0.25) is 0 Å². The molecule has 8 heteroatoms. The Hall–Kier alpha value is -1.44. The molecule has 2 aliphatic rings. The van der Waals surface area contributed by atoms with Gasteiger partial charge in [-0.1, -0.05) is 20.3 Å². The summed E-state index contributed by atoms with van der Waals surface area (Å²) in [6.07, 6.45) is 6.35. The zero-order valence-corrected chi connectivity index (χ0v) is 23.5. The minimum atomic E-state index is -3.22. The van der Waals surface area contributed by atoms with E-state index in [1.54, 1.807) is 20.8 Å². The van der Waals surface area contributed by atoms with E-state index in [2.05, 4.69) is 13.8 Å². The lowest BCUT2D eigenvalue weighted by Crippen LogP contribution is -2.45. The first-order valence-corrected chi connectivity index (χ1v) is 14.9. The topological polar surface area (TPSA) is 104 Å². The van der Waals surface area contributed by atoms with Crippen molar-refractivity contribution in [1.29, 1.82) is 0 Å². The summed E-state index contributed by atoms with van der Waals surface area (Å²) in [6, 6.07) is 0. The van der Waals surface area contributed by atoms with Gasteiger partial charge in [-0.2, -0.15) is 0 Å². The van der Waals surface area contributed by atoms with Crippen LogP contribution >= 0.6 is 0 Å². The Labute approximate surface area is 212 Å². The van der Waals surface area contributed by atoms with Crippen molar-refractivity contribution in [3.63, 3.8) is 0 Å². The molecule has 0 radical (unpaired) electrons. The van der Waals surface area contributed by atoms with Crippen molar-refractivity contribution in [2.45, 2.75) is 122 Å². The lowest BCUT2D eigenvalue weighted by Gasteiger charge is -2.35. The molecular weight excluding hydrogens is 468 g/mol. The lowest BCUT2D eigenvalue weighted by molar-refractivity contribution is -0.175. The fraction of sp³-hybridized carbons (Fsp3) is 0.889. The summed E-state index contributed by atoms with van der Waals surface area (Å²) in [5, 5.41) is -0.664. The minimum Gasteiger partial charge on any atom is -0.464 e. The van der Waals surface area contributed by atoms with Crippen LogP contribution in [0.5, 0.6) is 0 Å². The van der Waals surface area contributed by atoms with Gasteiger partial charge in [0.15, 0.2) is 15.3 Å². The van der Waals surface area contributed by atoms with E-state index in [9.17, 15) is 22.8 Å².